The molecule has 1 rings (SSSR count). The van der Waals surface area contributed by atoms with Crippen LogP contribution in [0.5, 0.6) is 0 Å². The van der Waals surface area contributed by atoms with E-state index in [0.29, 0.717) is 10.6 Å². The lowest BCUT2D eigenvalue weighted by Crippen LogP contribution is -1.96. The highest BCUT2D eigenvalue weighted by Gasteiger charge is 2.12. The lowest BCUT2D eigenvalue weighted by atomic mass is 10.2. The molecule has 12 heavy (non-hydrogen) atoms. The van der Waals surface area contributed by atoms with Gasteiger partial charge in [0, 0.05) is 11.1 Å². The zero-order valence-electron chi connectivity index (χ0n) is 6.37. The molecular formula is C7H7ClN2O2. The van der Waals surface area contributed by atoms with Gasteiger partial charge in [-0.3, -0.25) is 10.1 Å². The second kappa shape index (κ2) is 2.98. The van der Waals surface area contributed by atoms with Crippen LogP contribution in [0.4, 0.5) is 11.4 Å². The fourth-order valence-electron chi connectivity index (χ4n) is 0.840. The molecule has 1 aromatic carbocycles. The van der Waals surface area contributed by atoms with Crippen molar-refractivity contribution < 1.29 is 4.92 Å². The van der Waals surface area contributed by atoms with E-state index < -0.39 is 4.92 Å². The number of nitro groups is 1. The molecule has 0 fully saturated rings. The Kier molecular flexibility index (Phi) is 2.19. The molecule has 0 heterocycles. The standard InChI is InChI=1S/C7H7ClN2O2/c1-4-2-7(10(11)12)6(9)3-5(4)8/h2-3H,9H2,1H3. The lowest BCUT2D eigenvalue weighted by molar-refractivity contribution is -0.383. The Morgan fingerprint density at radius 2 is 2.17 bits per heavy atom. The Labute approximate surface area is 74.1 Å². The highest BCUT2D eigenvalue weighted by atomic mass is 35.5. The SMILES string of the molecule is Cc1cc([N+](=O)[O-])c(N)cc1Cl. The number of rotatable bonds is 1. The predicted octanol–water partition coefficient (Wildman–Crippen LogP) is 2.14. The lowest BCUT2D eigenvalue weighted by Gasteiger charge is -2.00. The van der Waals surface area contributed by atoms with Crippen molar-refractivity contribution >= 4 is 23.0 Å². The highest BCUT2D eigenvalue weighted by Crippen LogP contribution is 2.27. The first-order valence-electron chi connectivity index (χ1n) is 3.22. The summed E-state index contributed by atoms with van der Waals surface area (Å²) in [6.07, 6.45) is 0. The van der Waals surface area contributed by atoms with Gasteiger partial charge >= 0.3 is 0 Å². The van der Waals surface area contributed by atoms with Gasteiger partial charge in [-0.2, -0.15) is 0 Å². The normalized spacial score (nSPS) is 9.83. The van der Waals surface area contributed by atoms with Crippen molar-refractivity contribution in [3.8, 4) is 0 Å². The molecule has 0 aromatic heterocycles. The van der Waals surface area contributed by atoms with E-state index in [4.69, 9.17) is 17.3 Å². The molecule has 64 valence electrons. The number of halogens is 1. The maximum Gasteiger partial charge on any atom is 0.292 e. The minimum absolute atomic E-state index is 0.0931. The predicted molar refractivity (Wildman–Crippen MR) is 47.3 cm³/mol. The number of benzene rings is 1. The maximum absolute atomic E-state index is 10.4. The fraction of sp³-hybridized carbons (Fsp3) is 0.143. The van der Waals surface area contributed by atoms with Crippen molar-refractivity contribution in [2.45, 2.75) is 6.92 Å². The smallest absolute Gasteiger partial charge is 0.292 e. The maximum atomic E-state index is 10.4. The van der Waals surface area contributed by atoms with E-state index in [-0.39, 0.29) is 11.4 Å². The summed E-state index contributed by atoms with van der Waals surface area (Å²) in [4.78, 5) is 9.84. The van der Waals surface area contributed by atoms with Crippen LogP contribution in [0.3, 0.4) is 0 Å². The van der Waals surface area contributed by atoms with Gasteiger partial charge in [0.15, 0.2) is 0 Å². The number of nitro benzene ring substituents is 1. The zero-order valence-corrected chi connectivity index (χ0v) is 7.13. The Balaban J connectivity index is 3.33. The van der Waals surface area contributed by atoms with Crippen LogP contribution >= 0.6 is 11.6 Å². The molecule has 0 bridgehead atoms. The van der Waals surface area contributed by atoms with Crippen LogP contribution in [0.15, 0.2) is 12.1 Å². The number of hydrogen-bond acceptors (Lipinski definition) is 3. The van der Waals surface area contributed by atoms with Crippen molar-refractivity contribution in [3.05, 3.63) is 32.8 Å². The molecule has 0 unspecified atom stereocenters. The van der Waals surface area contributed by atoms with E-state index in [0.717, 1.165) is 0 Å². The van der Waals surface area contributed by atoms with Crippen molar-refractivity contribution in [2.24, 2.45) is 0 Å². The average Bonchev–Trinajstić information content (AvgIpc) is 1.96. The molecule has 5 heteroatoms. The number of nitrogens with zero attached hydrogens (tertiary/aromatic N) is 1. The van der Waals surface area contributed by atoms with Crippen LogP contribution in [0.2, 0.25) is 5.02 Å². The zero-order chi connectivity index (χ0) is 9.30. The Morgan fingerprint density at radius 3 is 2.67 bits per heavy atom. The van der Waals surface area contributed by atoms with E-state index in [2.05, 4.69) is 0 Å². The third-order valence-corrected chi connectivity index (χ3v) is 1.91. The summed E-state index contributed by atoms with van der Waals surface area (Å²) in [5.41, 5.74) is 6.01. The first-order chi connectivity index (χ1) is 5.52. The topological polar surface area (TPSA) is 69.2 Å². The van der Waals surface area contributed by atoms with Crippen LogP contribution in [0.1, 0.15) is 5.56 Å². The van der Waals surface area contributed by atoms with Gasteiger partial charge in [-0.1, -0.05) is 11.6 Å². The van der Waals surface area contributed by atoms with E-state index >= 15 is 0 Å². The van der Waals surface area contributed by atoms with Gasteiger partial charge in [0.1, 0.15) is 5.69 Å². The molecule has 2 N–H and O–H groups in total. The summed E-state index contributed by atoms with van der Waals surface area (Å²) in [7, 11) is 0. The molecule has 4 nitrogen and oxygen atoms in total. The molecule has 0 saturated heterocycles. The third-order valence-electron chi connectivity index (χ3n) is 1.50. The number of nitrogen functional groups attached to an aromatic ring is 1. The molecule has 0 saturated carbocycles. The molecule has 0 amide bonds. The van der Waals surface area contributed by atoms with Crippen molar-refractivity contribution in [1.82, 2.24) is 0 Å². The third kappa shape index (κ3) is 1.48. The second-order valence-corrected chi connectivity index (χ2v) is 2.82. The van der Waals surface area contributed by atoms with Gasteiger partial charge in [0.25, 0.3) is 5.69 Å². The van der Waals surface area contributed by atoms with E-state index in [1.165, 1.54) is 12.1 Å². The minimum Gasteiger partial charge on any atom is -0.393 e. The van der Waals surface area contributed by atoms with Crippen LogP contribution in [-0.2, 0) is 0 Å². The monoisotopic (exact) mass is 186 g/mol. The number of nitrogens with two attached hydrogens (primary N) is 1. The summed E-state index contributed by atoms with van der Waals surface area (Å²) >= 11 is 5.69. The molecular weight excluding hydrogens is 180 g/mol. The summed E-state index contributed by atoms with van der Waals surface area (Å²) in [5, 5.41) is 10.8. The summed E-state index contributed by atoms with van der Waals surface area (Å²) in [6.45, 7) is 1.69. The van der Waals surface area contributed by atoms with E-state index in [1.54, 1.807) is 6.92 Å². The van der Waals surface area contributed by atoms with Gasteiger partial charge < -0.3 is 5.73 Å². The number of aryl methyl sites for hydroxylation is 1. The molecule has 0 radical (unpaired) electrons. The van der Waals surface area contributed by atoms with Gasteiger partial charge in [-0.25, -0.2) is 0 Å². The Bertz CT molecular complexity index is 338. The Hall–Kier alpha value is -1.29. The molecule has 1 aromatic rings. The minimum atomic E-state index is -0.529. The fourth-order valence-corrected chi connectivity index (χ4v) is 1.01. The Morgan fingerprint density at radius 1 is 1.58 bits per heavy atom. The average molecular weight is 187 g/mol. The highest BCUT2D eigenvalue weighted by molar-refractivity contribution is 6.31. The van der Waals surface area contributed by atoms with Gasteiger partial charge in [0.2, 0.25) is 0 Å². The summed E-state index contributed by atoms with van der Waals surface area (Å²) in [5.74, 6) is 0. The first-order valence-corrected chi connectivity index (χ1v) is 3.60. The molecule has 0 atom stereocenters. The second-order valence-electron chi connectivity index (χ2n) is 2.42. The molecule has 0 aliphatic carbocycles. The van der Waals surface area contributed by atoms with Crippen molar-refractivity contribution in [1.29, 1.82) is 0 Å². The van der Waals surface area contributed by atoms with Gasteiger partial charge in [-0.05, 0) is 18.6 Å². The van der Waals surface area contributed by atoms with E-state index in [9.17, 15) is 10.1 Å². The summed E-state index contributed by atoms with van der Waals surface area (Å²) < 4.78 is 0. The largest absolute Gasteiger partial charge is 0.393 e. The van der Waals surface area contributed by atoms with E-state index in [1.807, 2.05) is 0 Å². The quantitative estimate of drug-likeness (QED) is 0.415. The first kappa shape index (κ1) is 8.80. The van der Waals surface area contributed by atoms with Crippen LogP contribution in [0.25, 0.3) is 0 Å². The van der Waals surface area contributed by atoms with Crippen LogP contribution in [0, 0.1) is 17.0 Å². The van der Waals surface area contributed by atoms with Gasteiger partial charge in [0.05, 0.1) is 4.92 Å². The summed E-state index contributed by atoms with van der Waals surface area (Å²) in [6, 6.07) is 2.74. The molecule has 0 aliphatic rings. The number of anilines is 1. The van der Waals surface area contributed by atoms with Crippen molar-refractivity contribution in [2.75, 3.05) is 5.73 Å². The van der Waals surface area contributed by atoms with Gasteiger partial charge in [-0.15, -0.1) is 0 Å². The van der Waals surface area contributed by atoms with Crippen molar-refractivity contribution in [3.63, 3.8) is 0 Å². The molecule has 0 aliphatic heterocycles. The van der Waals surface area contributed by atoms with Crippen LogP contribution < -0.4 is 5.73 Å². The van der Waals surface area contributed by atoms with Crippen LogP contribution in [-0.4, -0.2) is 4.92 Å². The molecule has 0 spiro atoms. The number of hydrogen-bond donors (Lipinski definition) is 1.